The number of anilines is 2. The smallest absolute Gasteiger partial charge is 0.262 e. The van der Waals surface area contributed by atoms with Crippen LogP contribution in [0.15, 0.2) is 114 Å². The fraction of sp³-hybridized carbons (Fsp3) is 0.0741. The first-order chi connectivity index (χ1) is 15.2. The Bertz CT molecular complexity index is 1210. The highest BCUT2D eigenvalue weighted by Gasteiger charge is 2.39. The lowest BCUT2D eigenvalue weighted by atomic mass is 9.99. The van der Waals surface area contributed by atoms with Crippen molar-refractivity contribution in [2.75, 3.05) is 9.80 Å². The molecule has 0 radical (unpaired) electrons. The van der Waals surface area contributed by atoms with E-state index in [4.69, 9.17) is 0 Å². The van der Waals surface area contributed by atoms with Crippen LogP contribution in [0.25, 0.3) is 0 Å². The lowest BCUT2D eigenvalue weighted by Crippen LogP contribution is -2.49. The molecule has 0 N–H and O–H groups in total. The number of hydrogen-bond donors (Lipinski definition) is 0. The topological polar surface area (TPSA) is 23.6 Å². The molecule has 1 aliphatic heterocycles. The molecule has 4 heteroatoms. The molecule has 1 amide bonds. The van der Waals surface area contributed by atoms with E-state index in [-0.39, 0.29) is 12.1 Å². The van der Waals surface area contributed by atoms with Gasteiger partial charge in [0.1, 0.15) is 6.17 Å². The number of nitrogens with zero attached hydrogens (tertiary/aromatic N) is 2. The second-order valence-corrected chi connectivity index (χ2v) is 8.49. The number of hydrogen-bond acceptors (Lipinski definition) is 2. The average Bonchev–Trinajstić information content (AvgIpc) is 2.82. The van der Waals surface area contributed by atoms with Gasteiger partial charge in [0.2, 0.25) is 0 Å². The minimum atomic E-state index is -0.275. The Morgan fingerprint density at radius 3 is 2.16 bits per heavy atom. The molecule has 0 saturated carbocycles. The third kappa shape index (κ3) is 3.75. The lowest BCUT2D eigenvalue weighted by molar-refractivity contribution is 0.0968. The van der Waals surface area contributed by atoms with Gasteiger partial charge in [0.25, 0.3) is 5.91 Å². The van der Waals surface area contributed by atoms with Gasteiger partial charge in [-0.2, -0.15) is 0 Å². The van der Waals surface area contributed by atoms with Crippen molar-refractivity contribution < 1.29 is 4.79 Å². The molecule has 152 valence electrons. The van der Waals surface area contributed by atoms with Crippen LogP contribution in [0.5, 0.6) is 0 Å². The van der Waals surface area contributed by atoms with Gasteiger partial charge in [-0.15, -0.1) is 0 Å². The third-order valence-corrected chi connectivity index (χ3v) is 6.07. The van der Waals surface area contributed by atoms with E-state index in [0.717, 1.165) is 21.4 Å². The fourth-order valence-electron chi connectivity index (χ4n) is 4.21. The highest BCUT2D eigenvalue weighted by atomic mass is 79.9. The second-order valence-electron chi connectivity index (χ2n) is 7.57. The Labute approximate surface area is 190 Å². The average molecular weight is 469 g/mol. The predicted molar refractivity (Wildman–Crippen MR) is 129 cm³/mol. The van der Waals surface area contributed by atoms with Crippen LogP contribution in [0.1, 0.15) is 27.7 Å². The molecule has 4 aromatic carbocycles. The van der Waals surface area contributed by atoms with Crippen molar-refractivity contribution in [3.63, 3.8) is 0 Å². The highest BCUT2D eigenvalue weighted by molar-refractivity contribution is 9.10. The molecule has 3 nitrogen and oxygen atoms in total. The first kappa shape index (κ1) is 19.6. The van der Waals surface area contributed by atoms with Gasteiger partial charge >= 0.3 is 0 Å². The van der Waals surface area contributed by atoms with E-state index in [1.807, 2.05) is 77.7 Å². The zero-order chi connectivity index (χ0) is 21.2. The summed E-state index contributed by atoms with van der Waals surface area (Å²) in [5.41, 5.74) is 4.80. The molecule has 4 aromatic rings. The normalized spacial score (nSPS) is 15.6. The maximum absolute atomic E-state index is 13.8. The summed E-state index contributed by atoms with van der Waals surface area (Å²) in [5, 5.41) is 0. The number of carbonyl (C=O) groups is 1. The molecule has 5 rings (SSSR count). The van der Waals surface area contributed by atoms with E-state index < -0.39 is 0 Å². The Morgan fingerprint density at radius 1 is 0.742 bits per heavy atom. The van der Waals surface area contributed by atoms with Crippen molar-refractivity contribution in [2.24, 2.45) is 0 Å². The van der Waals surface area contributed by atoms with Crippen LogP contribution in [0.3, 0.4) is 0 Å². The number of benzene rings is 4. The van der Waals surface area contributed by atoms with E-state index in [9.17, 15) is 4.79 Å². The number of rotatable bonds is 4. The van der Waals surface area contributed by atoms with E-state index in [1.165, 1.54) is 5.56 Å². The molecule has 0 bridgehead atoms. The van der Waals surface area contributed by atoms with E-state index in [0.29, 0.717) is 12.1 Å². The largest absolute Gasteiger partial charge is 0.342 e. The highest BCUT2D eigenvalue weighted by Crippen LogP contribution is 2.42. The maximum atomic E-state index is 13.8. The molecule has 0 unspecified atom stereocenters. The Balaban J connectivity index is 1.73. The van der Waals surface area contributed by atoms with Crippen LogP contribution in [0, 0.1) is 0 Å². The molecular weight excluding hydrogens is 448 g/mol. The molecule has 31 heavy (non-hydrogen) atoms. The predicted octanol–water partition coefficient (Wildman–Crippen LogP) is 6.81. The van der Waals surface area contributed by atoms with Crippen LogP contribution < -0.4 is 9.80 Å². The van der Waals surface area contributed by atoms with Crippen molar-refractivity contribution in [1.82, 2.24) is 0 Å². The molecular formula is C27H21BrN2O. The van der Waals surface area contributed by atoms with Crippen molar-refractivity contribution in [2.45, 2.75) is 12.7 Å². The van der Waals surface area contributed by atoms with Gasteiger partial charge in [0, 0.05) is 16.7 Å². The second kappa shape index (κ2) is 8.40. The Kier molecular flexibility index (Phi) is 5.31. The Morgan fingerprint density at radius 2 is 1.42 bits per heavy atom. The van der Waals surface area contributed by atoms with Gasteiger partial charge in [-0.05, 0) is 47.5 Å². The first-order valence-electron chi connectivity index (χ1n) is 10.3. The van der Waals surface area contributed by atoms with Crippen molar-refractivity contribution in [1.29, 1.82) is 0 Å². The zero-order valence-electron chi connectivity index (χ0n) is 16.9. The maximum Gasteiger partial charge on any atom is 0.262 e. The van der Waals surface area contributed by atoms with Gasteiger partial charge in [-0.25, -0.2) is 0 Å². The molecule has 0 fully saturated rings. The summed E-state index contributed by atoms with van der Waals surface area (Å²) < 4.78 is 0.990. The minimum Gasteiger partial charge on any atom is -0.342 e. The fourth-order valence-corrected chi connectivity index (χ4v) is 4.63. The van der Waals surface area contributed by atoms with E-state index in [1.54, 1.807) is 0 Å². The van der Waals surface area contributed by atoms with Crippen molar-refractivity contribution >= 4 is 33.2 Å². The van der Waals surface area contributed by atoms with Gasteiger partial charge in [-0.1, -0.05) is 88.7 Å². The van der Waals surface area contributed by atoms with Crippen molar-refractivity contribution in [3.8, 4) is 0 Å². The number of fused-ring (bicyclic) bond motifs is 1. The number of carbonyl (C=O) groups excluding carboxylic acids is 1. The molecule has 1 aliphatic rings. The van der Waals surface area contributed by atoms with Crippen LogP contribution in [0.4, 0.5) is 11.4 Å². The number of halogens is 1. The third-order valence-electron chi connectivity index (χ3n) is 5.58. The quantitative estimate of drug-likeness (QED) is 0.328. The Hall–Kier alpha value is -3.37. The van der Waals surface area contributed by atoms with Gasteiger partial charge in [0.05, 0.1) is 11.3 Å². The van der Waals surface area contributed by atoms with E-state index in [2.05, 4.69) is 57.2 Å². The summed E-state index contributed by atoms with van der Waals surface area (Å²) in [4.78, 5) is 18.0. The number of amides is 1. The number of para-hydroxylation sites is 2. The van der Waals surface area contributed by atoms with Gasteiger partial charge in [0.15, 0.2) is 0 Å². The lowest BCUT2D eigenvalue weighted by Gasteiger charge is -2.46. The van der Waals surface area contributed by atoms with Crippen LogP contribution >= 0.6 is 15.9 Å². The minimum absolute atomic E-state index is 0.0103. The van der Waals surface area contributed by atoms with Crippen LogP contribution in [0.2, 0.25) is 0 Å². The molecule has 0 aromatic heterocycles. The van der Waals surface area contributed by atoms with Gasteiger partial charge in [-0.3, -0.25) is 9.69 Å². The molecule has 0 spiro atoms. The van der Waals surface area contributed by atoms with E-state index >= 15 is 0 Å². The summed E-state index contributed by atoms with van der Waals surface area (Å²) in [6, 6.07) is 36.4. The monoisotopic (exact) mass is 468 g/mol. The van der Waals surface area contributed by atoms with Gasteiger partial charge < -0.3 is 4.90 Å². The molecule has 0 aliphatic carbocycles. The summed E-state index contributed by atoms with van der Waals surface area (Å²) in [6.45, 7) is 0.686. The van der Waals surface area contributed by atoms with Crippen molar-refractivity contribution in [3.05, 3.63) is 130 Å². The molecule has 0 saturated heterocycles. The summed E-state index contributed by atoms with van der Waals surface area (Å²) >= 11 is 3.62. The summed E-state index contributed by atoms with van der Waals surface area (Å²) in [7, 11) is 0. The first-order valence-corrected chi connectivity index (χ1v) is 11.1. The van der Waals surface area contributed by atoms with Crippen LogP contribution in [-0.4, -0.2) is 5.91 Å². The standard InChI is InChI=1S/C27H21BrN2O/c28-22-13-9-12-21(18-22)26-29(19-20-10-3-1-4-11-20)25-17-8-7-16-24(25)27(31)30(26)23-14-5-2-6-15-23/h1-18,26H,19H2/t26-/m1/s1. The van der Waals surface area contributed by atoms with Crippen LogP contribution in [-0.2, 0) is 6.54 Å². The molecule has 1 heterocycles. The zero-order valence-corrected chi connectivity index (χ0v) is 18.4. The summed E-state index contributed by atoms with van der Waals surface area (Å²) in [5.74, 6) is 0.0103. The summed E-state index contributed by atoms with van der Waals surface area (Å²) in [6.07, 6.45) is -0.275. The molecule has 1 atom stereocenters. The SMILES string of the molecule is O=C1c2ccccc2N(Cc2ccccc2)[C@@H](c2cccc(Br)c2)N1c1ccccc1.